The summed E-state index contributed by atoms with van der Waals surface area (Å²) < 4.78 is 68.6. The molecule has 3 N–H and O–H groups in total. The molecular formula is C76H148O17P2. The number of aliphatic hydroxyl groups is 1. The van der Waals surface area contributed by atoms with Crippen molar-refractivity contribution in [1.82, 2.24) is 0 Å². The third-order valence-electron chi connectivity index (χ3n) is 18.0. The summed E-state index contributed by atoms with van der Waals surface area (Å²) in [6.45, 7) is 11.9. The molecular weight excluding hydrogens is 1250 g/mol. The smallest absolute Gasteiger partial charge is 0.462 e. The van der Waals surface area contributed by atoms with Crippen molar-refractivity contribution in [2.45, 2.75) is 407 Å². The SMILES string of the molecule is CCCCCCCCCCCCCCCCCCC(=O)O[C@H](COC(=O)CCCCCCCCCCCCC(C)CC)COP(=O)(O)OC[C@@H](O)COP(=O)(O)OC[C@@H](COC(=O)CCCCCCCCCCCC(C)C)OC(=O)CCCCCCCCCCCCC(C)C. The van der Waals surface area contributed by atoms with Gasteiger partial charge in [0, 0.05) is 25.7 Å². The lowest BCUT2D eigenvalue weighted by molar-refractivity contribution is -0.161. The van der Waals surface area contributed by atoms with Crippen molar-refractivity contribution in [1.29, 1.82) is 0 Å². The van der Waals surface area contributed by atoms with E-state index in [1.807, 2.05) is 0 Å². The molecule has 0 amide bonds. The Bertz CT molecular complexity index is 1850. The molecule has 6 atom stereocenters. The number of carbonyl (C=O) groups excluding carboxylic acids is 4. The fraction of sp³-hybridized carbons (Fsp3) is 0.947. The van der Waals surface area contributed by atoms with Crippen LogP contribution in [-0.4, -0.2) is 96.7 Å². The number of unbranched alkanes of at least 4 members (excludes halogenated alkanes) is 41. The van der Waals surface area contributed by atoms with Crippen molar-refractivity contribution in [3.63, 3.8) is 0 Å². The molecule has 17 nitrogen and oxygen atoms in total. The molecule has 0 aliphatic rings. The van der Waals surface area contributed by atoms with Crippen molar-refractivity contribution < 1.29 is 80.2 Å². The Hall–Kier alpha value is -1.94. The average molecular weight is 1400 g/mol. The van der Waals surface area contributed by atoms with Crippen LogP contribution in [0, 0.1) is 17.8 Å². The molecule has 95 heavy (non-hydrogen) atoms. The van der Waals surface area contributed by atoms with Crippen LogP contribution in [0.1, 0.15) is 389 Å². The second kappa shape index (κ2) is 66.6. The molecule has 0 aromatic heterocycles. The molecule has 0 saturated carbocycles. The molecule has 0 aliphatic heterocycles. The first-order chi connectivity index (χ1) is 45.8. The minimum atomic E-state index is -4.96. The fourth-order valence-corrected chi connectivity index (χ4v) is 13.1. The zero-order chi connectivity index (χ0) is 70.1. The van der Waals surface area contributed by atoms with Gasteiger partial charge in [0.05, 0.1) is 26.4 Å². The van der Waals surface area contributed by atoms with Crippen molar-refractivity contribution >= 4 is 39.5 Å². The highest BCUT2D eigenvalue weighted by molar-refractivity contribution is 7.47. The van der Waals surface area contributed by atoms with E-state index in [9.17, 15) is 43.2 Å². The molecule has 0 aliphatic carbocycles. The molecule has 0 rings (SSSR count). The molecule has 0 aromatic carbocycles. The van der Waals surface area contributed by atoms with Crippen LogP contribution in [-0.2, 0) is 65.4 Å². The molecule has 0 saturated heterocycles. The van der Waals surface area contributed by atoms with Crippen molar-refractivity contribution in [3.05, 3.63) is 0 Å². The van der Waals surface area contributed by atoms with Crippen LogP contribution in [0.5, 0.6) is 0 Å². The zero-order valence-electron chi connectivity index (χ0n) is 62.1. The van der Waals surface area contributed by atoms with Gasteiger partial charge in [-0.15, -0.1) is 0 Å². The average Bonchev–Trinajstić information content (AvgIpc) is 1.28. The third kappa shape index (κ3) is 69.0. The third-order valence-corrected chi connectivity index (χ3v) is 19.9. The summed E-state index contributed by atoms with van der Waals surface area (Å²) >= 11 is 0. The lowest BCUT2D eigenvalue weighted by atomic mass is 9.99. The van der Waals surface area contributed by atoms with Crippen LogP contribution < -0.4 is 0 Å². The summed E-state index contributed by atoms with van der Waals surface area (Å²) in [5.41, 5.74) is 0. The summed E-state index contributed by atoms with van der Waals surface area (Å²) in [6, 6.07) is 0. The van der Waals surface area contributed by atoms with Crippen molar-refractivity contribution in [2.24, 2.45) is 17.8 Å². The van der Waals surface area contributed by atoms with Gasteiger partial charge in [-0.1, -0.05) is 337 Å². The van der Waals surface area contributed by atoms with Gasteiger partial charge in [-0.25, -0.2) is 9.13 Å². The first-order valence-corrected chi connectivity index (χ1v) is 42.4. The number of hydrogen-bond acceptors (Lipinski definition) is 15. The topological polar surface area (TPSA) is 237 Å². The normalized spacial score (nSPS) is 14.4. The number of phosphoric acid groups is 2. The van der Waals surface area contributed by atoms with Gasteiger partial charge in [-0.2, -0.15) is 0 Å². The number of hydrogen-bond donors (Lipinski definition) is 3. The highest BCUT2D eigenvalue weighted by Crippen LogP contribution is 2.45. The Balaban J connectivity index is 5.27. The van der Waals surface area contributed by atoms with Crippen molar-refractivity contribution in [2.75, 3.05) is 39.6 Å². The second-order valence-electron chi connectivity index (χ2n) is 28.6. The minimum absolute atomic E-state index is 0.105. The van der Waals surface area contributed by atoms with Crippen molar-refractivity contribution in [3.8, 4) is 0 Å². The van der Waals surface area contributed by atoms with Gasteiger partial charge in [0.15, 0.2) is 12.2 Å². The number of esters is 4. The zero-order valence-corrected chi connectivity index (χ0v) is 63.9. The largest absolute Gasteiger partial charge is 0.472 e. The number of carbonyl (C=O) groups is 4. The van der Waals surface area contributed by atoms with Gasteiger partial charge in [0.2, 0.25) is 0 Å². The summed E-state index contributed by atoms with van der Waals surface area (Å²) in [7, 11) is -9.91. The Kier molecular flexibility index (Phi) is 65.2. The fourth-order valence-electron chi connectivity index (χ4n) is 11.6. The van der Waals surface area contributed by atoms with Crippen LogP contribution in [0.2, 0.25) is 0 Å². The highest BCUT2D eigenvalue weighted by atomic mass is 31.2. The van der Waals surface area contributed by atoms with E-state index in [0.717, 1.165) is 108 Å². The number of ether oxygens (including phenoxy) is 4. The predicted octanol–water partition coefficient (Wildman–Crippen LogP) is 22.2. The Morgan fingerprint density at radius 2 is 0.537 bits per heavy atom. The van der Waals surface area contributed by atoms with Crippen LogP contribution in [0.25, 0.3) is 0 Å². The summed E-state index contributed by atoms with van der Waals surface area (Å²) in [4.78, 5) is 72.9. The van der Waals surface area contributed by atoms with Crippen LogP contribution >= 0.6 is 15.6 Å². The lowest BCUT2D eigenvalue weighted by Gasteiger charge is -2.21. The van der Waals surface area contributed by atoms with Gasteiger partial charge in [-0.05, 0) is 43.4 Å². The standard InChI is InChI=1S/C76H148O17P2/c1-8-10-11-12-13-14-15-16-17-18-19-20-30-38-45-52-59-75(80)92-71(63-86-73(78)57-50-43-36-29-24-22-28-35-42-49-56-69(7)9-2)65-90-94(82,83)88-61-70(77)62-89-95(84,85)91-66-72(64-87-74(79)58-51-44-37-32-25-27-34-41-48-55-68(5)6)93-76(81)60-53-46-39-31-23-21-26-33-40-47-54-67(3)4/h67-72,77H,8-66H2,1-7H3,(H,82,83)(H,84,85)/t69?,70-,71-,72-/m1/s1. The minimum Gasteiger partial charge on any atom is -0.462 e. The number of aliphatic hydroxyl groups excluding tert-OH is 1. The first kappa shape index (κ1) is 93.1. The molecule has 0 spiro atoms. The quantitative estimate of drug-likeness (QED) is 0.0222. The maximum absolute atomic E-state index is 13.1. The molecule has 0 aromatic rings. The van der Waals surface area contributed by atoms with Crippen LogP contribution in [0.4, 0.5) is 0 Å². The Morgan fingerprint density at radius 3 is 0.800 bits per heavy atom. The monoisotopic (exact) mass is 1400 g/mol. The van der Waals surface area contributed by atoms with E-state index in [1.165, 1.54) is 199 Å². The van der Waals surface area contributed by atoms with Gasteiger partial charge in [-0.3, -0.25) is 37.3 Å². The van der Waals surface area contributed by atoms with Gasteiger partial charge in [0.25, 0.3) is 0 Å². The van der Waals surface area contributed by atoms with E-state index in [-0.39, 0.29) is 25.7 Å². The molecule has 19 heteroatoms. The second-order valence-corrected chi connectivity index (χ2v) is 31.5. The molecule has 0 fully saturated rings. The van der Waals surface area contributed by atoms with E-state index in [0.29, 0.717) is 25.7 Å². The molecule has 3 unspecified atom stereocenters. The van der Waals surface area contributed by atoms with Crippen LogP contribution in [0.3, 0.4) is 0 Å². The Morgan fingerprint density at radius 1 is 0.305 bits per heavy atom. The van der Waals surface area contributed by atoms with Gasteiger partial charge < -0.3 is 33.8 Å². The van der Waals surface area contributed by atoms with Gasteiger partial charge >= 0.3 is 39.5 Å². The van der Waals surface area contributed by atoms with E-state index in [1.54, 1.807) is 0 Å². The molecule has 0 heterocycles. The maximum atomic E-state index is 13.1. The van der Waals surface area contributed by atoms with E-state index in [2.05, 4.69) is 48.5 Å². The first-order valence-electron chi connectivity index (χ1n) is 39.4. The Labute approximate surface area is 581 Å². The lowest BCUT2D eigenvalue weighted by Crippen LogP contribution is -2.30. The summed E-state index contributed by atoms with van der Waals surface area (Å²) in [5, 5.41) is 10.6. The van der Waals surface area contributed by atoms with Crippen LogP contribution in [0.15, 0.2) is 0 Å². The number of phosphoric ester groups is 2. The maximum Gasteiger partial charge on any atom is 0.472 e. The summed E-state index contributed by atoms with van der Waals surface area (Å²) in [6.07, 6.45) is 52.6. The van der Waals surface area contributed by atoms with E-state index < -0.39 is 97.5 Å². The highest BCUT2D eigenvalue weighted by Gasteiger charge is 2.30. The van der Waals surface area contributed by atoms with E-state index in [4.69, 9.17) is 37.0 Å². The molecule has 0 radical (unpaired) electrons. The number of rotatable bonds is 74. The van der Waals surface area contributed by atoms with Gasteiger partial charge in [0.1, 0.15) is 19.3 Å². The van der Waals surface area contributed by atoms with E-state index >= 15 is 0 Å². The molecule has 0 bridgehead atoms. The molecule has 564 valence electrons. The predicted molar refractivity (Wildman–Crippen MR) is 386 cm³/mol. The summed E-state index contributed by atoms with van der Waals surface area (Å²) in [5.74, 6) is 0.189.